The molecule has 0 amide bonds. The van der Waals surface area contributed by atoms with Crippen molar-refractivity contribution in [3.05, 3.63) is 58.6 Å². The molecule has 0 radical (unpaired) electrons. The number of nitrogen functional groups attached to an aromatic ring is 1. The van der Waals surface area contributed by atoms with Crippen molar-refractivity contribution in [3.63, 3.8) is 0 Å². The van der Waals surface area contributed by atoms with Crippen LogP contribution in [-0.2, 0) is 12.8 Å². The summed E-state index contributed by atoms with van der Waals surface area (Å²) >= 11 is 5.75. The first-order chi connectivity index (χ1) is 9.36. The molecule has 2 aromatic carbocycles. The molecule has 0 fully saturated rings. The number of halogens is 4. The lowest BCUT2D eigenvalue weighted by molar-refractivity contribution is -0.137. The summed E-state index contributed by atoms with van der Waals surface area (Å²) in [4.78, 5) is 0. The van der Waals surface area contributed by atoms with Crippen molar-refractivity contribution in [2.75, 3.05) is 5.73 Å². The van der Waals surface area contributed by atoms with Crippen LogP contribution in [0.1, 0.15) is 11.1 Å². The fraction of sp³-hybridized carbons (Fsp3) is 0.143. The van der Waals surface area contributed by atoms with Crippen molar-refractivity contribution in [2.24, 2.45) is 0 Å². The van der Waals surface area contributed by atoms with E-state index in [1.807, 2.05) is 0 Å². The lowest BCUT2D eigenvalue weighted by atomic mass is 10.1. The van der Waals surface area contributed by atoms with E-state index in [9.17, 15) is 13.2 Å². The van der Waals surface area contributed by atoms with Crippen LogP contribution in [0.3, 0.4) is 0 Å². The Balaban J connectivity index is 2.04. The van der Waals surface area contributed by atoms with E-state index in [4.69, 9.17) is 22.1 Å². The van der Waals surface area contributed by atoms with Gasteiger partial charge in [-0.2, -0.15) is 13.2 Å². The summed E-state index contributed by atoms with van der Waals surface area (Å²) in [6.07, 6.45) is -4.33. The zero-order chi connectivity index (χ0) is 14.8. The molecular weight excluding hydrogens is 291 g/mol. The van der Waals surface area contributed by atoms with Crippen LogP contribution in [0.15, 0.2) is 42.5 Å². The second-order valence-electron chi connectivity index (χ2n) is 4.17. The van der Waals surface area contributed by atoms with Gasteiger partial charge in [0, 0.05) is 5.02 Å². The SMILES string of the molecule is Nc1cc(Cl)ccc1OCc1ccc(C(F)(F)F)cc1. The Morgan fingerprint density at radius 3 is 2.25 bits per heavy atom. The maximum atomic E-state index is 12.4. The Kier molecular flexibility index (Phi) is 4.09. The molecule has 0 aromatic heterocycles. The highest BCUT2D eigenvalue weighted by Gasteiger charge is 2.29. The van der Waals surface area contributed by atoms with E-state index in [2.05, 4.69) is 0 Å². The fourth-order valence-corrected chi connectivity index (χ4v) is 1.78. The minimum absolute atomic E-state index is 0.129. The summed E-state index contributed by atoms with van der Waals surface area (Å²) in [7, 11) is 0. The van der Waals surface area contributed by atoms with Crippen molar-refractivity contribution in [1.29, 1.82) is 0 Å². The number of nitrogens with two attached hydrogens (primary N) is 1. The Bertz CT molecular complexity index is 596. The third kappa shape index (κ3) is 3.57. The van der Waals surface area contributed by atoms with Gasteiger partial charge in [-0.3, -0.25) is 0 Å². The third-order valence-electron chi connectivity index (χ3n) is 2.65. The topological polar surface area (TPSA) is 35.2 Å². The average molecular weight is 302 g/mol. The first-order valence-electron chi connectivity index (χ1n) is 5.70. The number of benzene rings is 2. The normalized spacial score (nSPS) is 11.4. The van der Waals surface area contributed by atoms with Crippen molar-refractivity contribution in [1.82, 2.24) is 0 Å². The first kappa shape index (κ1) is 14.5. The van der Waals surface area contributed by atoms with Crippen molar-refractivity contribution in [2.45, 2.75) is 12.8 Å². The molecule has 0 unspecified atom stereocenters. The number of hydrogen-bond acceptors (Lipinski definition) is 2. The number of alkyl halides is 3. The Hall–Kier alpha value is -1.88. The lowest BCUT2D eigenvalue weighted by Crippen LogP contribution is -2.05. The zero-order valence-electron chi connectivity index (χ0n) is 10.2. The number of rotatable bonds is 3. The van der Waals surface area contributed by atoms with Crippen LogP contribution in [0.25, 0.3) is 0 Å². The molecule has 2 N–H and O–H groups in total. The van der Waals surface area contributed by atoms with E-state index in [1.54, 1.807) is 18.2 Å². The molecule has 0 aliphatic rings. The molecule has 0 aliphatic carbocycles. The van der Waals surface area contributed by atoms with E-state index < -0.39 is 11.7 Å². The fourth-order valence-electron chi connectivity index (χ4n) is 1.60. The molecule has 0 saturated heterocycles. The highest BCUT2D eigenvalue weighted by atomic mass is 35.5. The largest absolute Gasteiger partial charge is 0.487 e. The maximum Gasteiger partial charge on any atom is 0.416 e. The van der Waals surface area contributed by atoms with Crippen molar-refractivity contribution >= 4 is 17.3 Å². The number of hydrogen-bond donors (Lipinski definition) is 1. The molecular formula is C14H11ClF3NO. The molecule has 2 nitrogen and oxygen atoms in total. The number of anilines is 1. The van der Waals surface area contributed by atoms with Gasteiger partial charge in [-0.25, -0.2) is 0 Å². The Morgan fingerprint density at radius 2 is 1.70 bits per heavy atom. The van der Waals surface area contributed by atoms with Crippen LogP contribution in [0, 0.1) is 0 Å². The van der Waals surface area contributed by atoms with Crippen molar-refractivity contribution < 1.29 is 17.9 Å². The minimum Gasteiger partial charge on any atom is -0.487 e. The van der Waals surface area contributed by atoms with Crippen LogP contribution in [-0.4, -0.2) is 0 Å². The smallest absolute Gasteiger partial charge is 0.416 e. The summed E-state index contributed by atoms with van der Waals surface area (Å²) < 4.78 is 42.6. The molecule has 2 aromatic rings. The van der Waals surface area contributed by atoms with Gasteiger partial charge in [0.1, 0.15) is 12.4 Å². The average Bonchev–Trinajstić information content (AvgIpc) is 2.37. The van der Waals surface area contributed by atoms with Crippen LogP contribution >= 0.6 is 11.6 Å². The van der Waals surface area contributed by atoms with E-state index in [-0.39, 0.29) is 6.61 Å². The summed E-state index contributed by atoms with van der Waals surface area (Å²) in [5.41, 5.74) is 6.02. The third-order valence-corrected chi connectivity index (χ3v) is 2.88. The van der Waals surface area contributed by atoms with Gasteiger partial charge in [0.2, 0.25) is 0 Å². The van der Waals surface area contributed by atoms with Gasteiger partial charge in [-0.1, -0.05) is 23.7 Å². The molecule has 106 valence electrons. The molecule has 0 spiro atoms. The van der Waals surface area contributed by atoms with Crippen molar-refractivity contribution in [3.8, 4) is 5.75 Å². The predicted octanol–water partition coefficient (Wildman–Crippen LogP) is 4.52. The minimum atomic E-state index is -4.33. The highest BCUT2D eigenvalue weighted by molar-refractivity contribution is 6.30. The lowest BCUT2D eigenvalue weighted by Gasteiger charge is -2.10. The molecule has 0 atom stereocenters. The summed E-state index contributed by atoms with van der Waals surface area (Å²) in [5, 5.41) is 0.490. The first-order valence-corrected chi connectivity index (χ1v) is 6.08. The van der Waals surface area contributed by atoms with Gasteiger partial charge >= 0.3 is 6.18 Å². The van der Waals surface area contributed by atoms with Crippen LogP contribution in [0.4, 0.5) is 18.9 Å². The molecule has 0 aliphatic heterocycles. The molecule has 0 heterocycles. The van der Waals surface area contributed by atoms with Gasteiger partial charge in [0.15, 0.2) is 0 Å². The molecule has 2 rings (SSSR count). The Morgan fingerprint density at radius 1 is 1.05 bits per heavy atom. The second kappa shape index (κ2) is 5.63. The highest BCUT2D eigenvalue weighted by Crippen LogP contribution is 2.29. The maximum absolute atomic E-state index is 12.4. The molecule has 6 heteroatoms. The number of ether oxygens (including phenoxy) is 1. The summed E-state index contributed by atoms with van der Waals surface area (Å²) in [6.45, 7) is 0.129. The van der Waals surface area contributed by atoms with E-state index in [0.29, 0.717) is 22.0 Å². The van der Waals surface area contributed by atoms with E-state index in [1.165, 1.54) is 12.1 Å². The predicted molar refractivity (Wildman–Crippen MR) is 71.6 cm³/mol. The summed E-state index contributed by atoms with van der Waals surface area (Å²) in [5.74, 6) is 0.439. The Labute approximate surface area is 118 Å². The van der Waals surface area contributed by atoms with Gasteiger partial charge in [0.25, 0.3) is 0 Å². The molecule has 0 bridgehead atoms. The quantitative estimate of drug-likeness (QED) is 0.846. The van der Waals surface area contributed by atoms with Gasteiger partial charge in [-0.15, -0.1) is 0 Å². The van der Waals surface area contributed by atoms with Gasteiger partial charge in [-0.05, 0) is 35.9 Å². The van der Waals surface area contributed by atoms with Crippen LogP contribution in [0.5, 0.6) is 5.75 Å². The monoisotopic (exact) mass is 301 g/mol. The molecule has 0 saturated carbocycles. The van der Waals surface area contributed by atoms with Gasteiger partial charge in [0.05, 0.1) is 11.3 Å². The summed E-state index contributed by atoms with van der Waals surface area (Å²) in [6, 6.07) is 9.56. The van der Waals surface area contributed by atoms with Crippen LogP contribution in [0.2, 0.25) is 5.02 Å². The van der Waals surface area contributed by atoms with Gasteiger partial charge < -0.3 is 10.5 Å². The standard InChI is InChI=1S/C14H11ClF3NO/c15-11-5-6-13(12(19)7-11)20-8-9-1-3-10(4-2-9)14(16,17)18/h1-7H,8,19H2. The molecule has 20 heavy (non-hydrogen) atoms. The van der Waals surface area contributed by atoms with E-state index in [0.717, 1.165) is 12.1 Å². The zero-order valence-corrected chi connectivity index (χ0v) is 11.0. The second-order valence-corrected chi connectivity index (χ2v) is 4.60. The van der Waals surface area contributed by atoms with E-state index >= 15 is 0 Å². The van der Waals surface area contributed by atoms with Crippen LogP contribution < -0.4 is 10.5 Å².